The van der Waals surface area contributed by atoms with Crippen LogP contribution in [0.5, 0.6) is 5.88 Å². The van der Waals surface area contributed by atoms with E-state index in [1.807, 2.05) is 12.3 Å². The van der Waals surface area contributed by atoms with Gasteiger partial charge in [-0.2, -0.15) is 10.1 Å². The van der Waals surface area contributed by atoms with Crippen molar-refractivity contribution < 1.29 is 4.74 Å². The van der Waals surface area contributed by atoms with Crippen molar-refractivity contribution in [1.29, 1.82) is 0 Å². The minimum atomic E-state index is -0.270. The Morgan fingerprint density at radius 3 is 2.82 bits per heavy atom. The van der Waals surface area contributed by atoms with Crippen LogP contribution >= 0.6 is 0 Å². The first kappa shape index (κ1) is 11.9. The quantitative estimate of drug-likeness (QED) is 0.853. The molecule has 0 amide bonds. The smallest absolute Gasteiger partial charge is 0.216 e. The van der Waals surface area contributed by atoms with Crippen LogP contribution in [0, 0.1) is 0 Å². The summed E-state index contributed by atoms with van der Waals surface area (Å²) in [5.74, 6) is 0.592. The zero-order chi connectivity index (χ0) is 12.3. The maximum Gasteiger partial charge on any atom is 0.216 e. The third-order valence-corrected chi connectivity index (χ3v) is 3.15. The molecule has 0 spiro atoms. The summed E-state index contributed by atoms with van der Waals surface area (Å²) in [6, 6.07) is 3.63. The molecule has 2 aromatic heterocycles. The van der Waals surface area contributed by atoms with Gasteiger partial charge in [0.05, 0.1) is 6.20 Å². The molecule has 0 atom stereocenters. The normalized spacial score (nSPS) is 11.9. The standard InChI is InChI=1S/C12H18N4O/c1-3-12(13,4-2)9-17-11-6-8-16-10(15-11)5-7-14-16/h5-8H,3-4,9,13H2,1-2H3. The highest BCUT2D eigenvalue weighted by atomic mass is 16.5. The second kappa shape index (κ2) is 4.71. The molecule has 0 aliphatic carbocycles. The predicted octanol–water partition coefficient (Wildman–Crippen LogP) is 1.63. The van der Waals surface area contributed by atoms with Crippen LogP contribution in [0.3, 0.4) is 0 Å². The van der Waals surface area contributed by atoms with Gasteiger partial charge in [-0.15, -0.1) is 0 Å². The Hall–Kier alpha value is -1.62. The molecular weight excluding hydrogens is 216 g/mol. The Kier molecular flexibility index (Phi) is 3.28. The highest BCUT2D eigenvalue weighted by molar-refractivity contribution is 5.37. The fourth-order valence-corrected chi connectivity index (χ4v) is 1.55. The van der Waals surface area contributed by atoms with Crippen molar-refractivity contribution in [2.75, 3.05) is 6.61 Å². The van der Waals surface area contributed by atoms with Gasteiger partial charge in [0, 0.05) is 23.9 Å². The van der Waals surface area contributed by atoms with Gasteiger partial charge in [-0.3, -0.25) is 0 Å². The van der Waals surface area contributed by atoms with E-state index in [2.05, 4.69) is 23.9 Å². The van der Waals surface area contributed by atoms with Gasteiger partial charge in [0.2, 0.25) is 5.88 Å². The van der Waals surface area contributed by atoms with Crippen molar-refractivity contribution in [3.63, 3.8) is 0 Å². The van der Waals surface area contributed by atoms with E-state index in [9.17, 15) is 0 Å². The lowest BCUT2D eigenvalue weighted by Gasteiger charge is -2.26. The fraction of sp³-hybridized carbons (Fsp3) is 0.500. The summed E-state index contributed by atoms with van der Waals surface area (Å²) in [7, 11) is 0. The summed E-state index contributed by atoms with van der Waals surface area (Å²) in [4.78, 5) is 4.33. The van der Waals surface area contributed by atoms with Gasteiger partial charge in [0.15, 0.2) is 5.65 Å². The molecule has 0 aliphatic rings. The monoisotopic (exact) mass is 234 g/mol. The average Bonchev–Trinajstić information content (AvgIpc) is 2.83. The molecule has 0 aromatic carbocycles. The predicted molar refractivity (Wildman–Crippen MR) is 66.0 cm³/mol. The first-order valence-electron chi connectivity index (χ1n) is 5.89. The molecule has 2 N–H and O–H groups in total. The van der Waals surface area contributed by atoms with Crippen LogP contribution in [0.4, 0.5) is 0 Å². The zero-order valence-electron chi connectivity index (χ0n) is 10.3. The maximum atomic E-state index is 6.17. The van der Waals surface area contributed by atoms with E-state index in [0.29, 0.717) is 12.5 Å². The number of aromatic nitrogens is 3. The summed E-state index contributed by atoms with van der Waals surface area (Å²) in [5.41, 5.74) is 6.67. The molecule has 0 unspecified atom stereocenters. The lowest BCUT2D eigenvalue weighted by atomic mass is 9.96. The number of hydrogen-bond acceptors (Lipinski definition) is 4. The van der Waals surface area contributed by atoms with Gasteiger partial charge < -0.3 is 10.5 Å². The van der Waals surface area contributed by atoms with Crippen LogP contribution in [0.25, 0.3) is 5.65 Å². The Morgan fingerprint density at radius 2 is 2.12 bits per heavy atom. The molecule has 0 radical (unpaired) electrons. The number of rotatable bonds is 5. The van der Waals surface area contributed by atoms with Crippen molar-refractivity contribution in [3.05, 3.63) is 24.5 Å². The molecule has 0 aliphatic heterocycles. The highest BCUT2D eigenvalue weighted by Gasteiger charge is 2.21. The van der Waals surface area contributed by atoms with Gasteiger partial charge in [-0.1, -0.05) is 13.8 Å². The Balaban J connectivity index is 2.08. The molecule has 5 nitrogen and oxygen atoms in total. The number of nitrogens with two attached hydrogens (primary N) is 1. The van der Waals surface area contributed by atoms with E-state index in [1.54, 1.807) is 16.8 Å². The van der Waals surface area contributed by atoms with Crippen LogP contribution in [0.1, 0.15) is 26.7 Å². The van der Waals surface area contributed by atoms with E-state index in [1.165, 1.54) is 0 Å². The molecule has 17 heavy (non-hydrogen) atoms. The average molecular weight is 234 g/mol. The molecule has 2 aromatic rings. The van der Waals surface area contributed by atoms with Crippen molar-refractivity contribution in [2.45, 2.75) is 32.2 Å². The van der Waals surface area contributed by atoms with Crippen molar-refractivity contribution >= 4 is 5.65 Å². The molecular formula is C12H18N4O. The first-order valence-corrected chi connectivity index (χ1v) is 5.89. The van der Waals surface area contributed by atoms with Gasteiger partial charge >= 0.3 is 0 Å². The lowest BCUT2D eigenvalue weighted by Crippen LogP contribution is -2.44. The van der Waals surface area contributed by atoms with Gasteiger partial charge in [-0.25, -0.2) is 4.52 Å². The van der Waals surface area contributed by atoms with E-state index in [0.717, 1.165) is 18.5 Å². The highest BCUT2D eigenvalue weighted by Crippen LogP contribution is 2.15. The minimum absolute atomic E-state index is 0.270. The Morgan fingerprint density at radius 1 is 1.35 bits per heavy atom. The van der Waals surface area contributed by atoms with Crippen molar-refractivity contribution in [2.24, 2.45) is 5.73 Å². The number of hydrogen-bond donors (Lipinski definition) is 1. The largest absolute Gasteiger partial charge is 0.476 e. The van der Waals surface area contributed by atoms with Crippen LogP contribution < -0.4 is 10.5 Å². The van der Waals surface area contributed by atoms with E-state index in [-0.39, 0.29) is 5.54 Å². The third kappa shape index (κ3) is 2.55. The molecule has 92 valence electrons. The molecule has 0 fully saturated rings. The topological polar surface area (TPSA) is 65.4 Å². The van der Waals surface area contributed by atoms with Crippen LogP contribution in [0.15, 0.2) is 24.5 Å². The second-order valence-corrected chi connectivity index (χ2v) is 4.26. The molecule has 2 heterocycles. The van der Waals surface area contributed by atoms with Crippen LogP contribution in [-0.4, -0.2) is 26.7 Å². The van der Waals surface area contributed by atoms with Crippen molar-refractivity contribution in [3.8, 4) is 5.88 Å². The summed E-state index contributed by atoms with van der Waals surface area (Å²) in [6.07, 6.45) is 5.31. The summed E-state index contributed by atoms with van der Waals surface area (Å²) in [6.45, 7) is 4.62. The van der Waals surface area contributed by atoms with Crippen molar-refractivity contribution in [1.82, 2.24) is 14.6 Å². The van der Waals surface area contributed by atoms with E-state index in [4.69, 9.17) is 10.5 Å². The molecule has 5 heteroatoms. The van der Waals surface area contributed by atoms with E-state index >= 15 is 0 Å². The number of nitrogens with zero attached hydrogens (tertiary/aromatic N) is 3. The molecule has 0 bridgehead atoms. The molecule has 0 saturated heterocycles. The Bertz CT molecular complexity index is 490. The summed E-state index contributed by atoms with van der Waals surface area (Å²) in [5, 5.41) is 4.07. The number of ether oxygens (including phenoxy) is 1. The molecule has 2 rings (SSSR count). The van der Waals surface area contributed by atoms with Crippen LogP contribution in [0.2, 0.25) is 0 Å². The zero-order valence-corrected chi connectivity index (χ0v) is 10.3. The van der Waals surface area contributed by atoms with Gasteiger partial charge in [0.1, 0.15) is 6.61 Å². The Labute approximate surface area is 101 Å². The summed E-state index contributed by atoms with van der Waals surface area (Å²) < 4.78 is 7.35. The first-order chi connectivity index (χ1) is 8.17. The van der Waals surface area contributed by atoms with Gasteiger partial charge in [-0.05, 0) is 12.8 Å². The SMILES string of the molecule is CCC(N)(CC)COc1ccn2nccc2n1. The van der Waals surface area contributed by atoms with Gasteiger partial charge in [0.25, 0.3) is 0 Å². The number of fused-ring (bicyclic) bond motifs is 1. The fourth-order valence-electron chi connectivity index (χ4n) is 1.55. The minimum Gasteiger partial charge on any atom is -0.476 e. The van der Waals surface area contributed by atoms with E-state index < -0.39 is 0 Å². The summed E-state index contributed by atoms with van der Waals surface area (Å²) >= 11 is 0. The maximum absolute atomic E-state index is 6.17. The molecule has 0 saturated carbocycles. The lowest BCUT2D eigenvalue weighted by molar-refractivity contribution is 0.201. The van der Waals surface area contributed by atoms with Crippen LogP contribution in [-0.2, 0) is 0 Å². The second-order valence-electron chi connectivity index (χ2n) is 4.26. The third-order valence-electron chi connectivity index (χ3n) is 3.15.